The average molecular weight is 505 g/mol. The van der Waals surface area contributed by atoms with Crippen molar-refractivity contribution in [1.29, 1.82) is 0 Å². The Kier molecular flexibility index (Phi) is 6.69. The number of amides is 2. The standard InChI is InChI=1S/C25H33FN4O4S/c1-25(2,3)33-24(32)30-14-18(13-20(30)23(31)29-10-11-35-15-29)28-8-6-16(7-9-28)22-19-5-4-17(26)12-21(19)34-27-22/h4-5,12,16,18,20H,6-11,13-15H2,1-3H3/t18-,20-/m0/s1. The molecule has 3 fully saturated rings. The highest BCUT2D eigenvalue weighted by atomic mass is 32.2. The van der Waals surface area contributed by atoms with Crippen LogP contribution in [-0.4, -0.2) is 87.4 Å². The number of benzene rings is 1. The van der Waals surface area contributed by atoms with E-state index < -0.39 is 17.7 Å². The Bertz CT molecular complexity index is 1090. The second kappa shape index (κ2) is 9.61. The van der Waals surface area contributed by atoms with Gasteiger partial charge in [0.2, 0.25) is 5.91 Å². The summed E-state index contributed by atoms with van der Waals surface area (Å²) < 4.78 is 24.6. The van der Waals surface area contributed by atoms with E-state index in [-0.39, 0.29) is 23.7 Å². The first-order chi connectivity index (χ1) is 16.7. The fraction of sp³-hybridized carbons (Fsp3) is 0.640. The molecule has 3 aliphatic heterocycles. The molecule has 190 valence electrons. The highest BCUT2D eigenvalue weighted by Crippen LogP contribution is 2.35. The minimum atomic E-state index is -0.617. The van der Waals surface area contributed by atoms with Gasteiger partial charge >= 0.3 is 6.09 Å². The Morgan fingerprint density at radius 3 is 2.66 bits per heavy atom. The van der Waals surface area contributed by atoms with Gasteiger partial charge in [-0.2, -0.15) is 0 Å². The Hall–Kier alpha value is -2.33. The molecule has 2 aromatic rings. The van der Waals surface area contributed by atoms with Crippen molar-refractivity contribution in [2.24, 2.45) is 0 Å². The third-order valence-electron chi connectivity index (χ3n) is 7.15. The van der Waals surface area contributed by atoms with Gasteiger partial charge in [0, 0.05) is 42.3 Å². The van der Waals surface area contributed by atoms with E-state index in [0.717, 1.165) is 49.3 Å². The molecule has 0 radical (unpaired) electrons. The summed E-state index contributed by atoms with van der Waals surface area (Å²) >= 11 is 1.74. The summed E-state index contributed by atoms with van der Waals surface area (Å²) in [7, 11) is 0. The van der Waals surface area contributed by atoms with Gasteiger partial charge in [0.25, 0.3) is 0 Å². The highest BCUT2D eigenvalue weighted by Gasteiger charge is 2.45. The fourth-order valence-electron chi connectivity index (χ4n) is 5.40. The molecule has 3 aliphatic rings. The maximum Gasteiger partial charge on any atom is 0.411 e. The number of piperidine rings is 1. The van der Waals surface area contributed by atoms with Gasteiger partial charge in [-0.1, -0.05) is 5.16 Å². The molecule has 5 rings (SSSR count). The van der Waals surface area contributed by atoms with Crippen molar-refractivity contribution >= 4 is 34.7 Å². The number of likely N-dealkylation sites (tertiary alicyclic amines) is 2. The Morgan fingerprint density at radius 2 is 1.97 bits per heavy atom. The van der Waals surface area contributed by atoms with E-state index in [0.29, 0.717) is 24.4 Å². The monoisotopic (exact) mass is 504 g/mol. The summed E-state index contributed by atoms with van der Waals surface area (Å²) in [6.07, 6.45) is 1.99. The molecule has 1 aromatic heterocycles. The fourth-order valence-corrected chi connectivity index (χ4v) is 6.35. The Balaban J connectivity index is 1.27. The molecule has 1 aromatic carbocycles. The molecule has 0 aliphatic carbocycles. The Labute approximate surface area is 209 Å². The summed E-state index contributed by atoms with van der Waals surface area (Å²) in [6.45, 7) is 8.44. The van der Waals surface area contributed by atoms with Crippen molar-refractivity contribution in [2.45, 2.75) is 63.6 Å². The van der Waals surface area contributed by atoms with Crippen LogP contribution in [0.3, 0.4) is 0 Å². The number of hydrogen-bond acceptors (Lipinski definition) is 7. The van der Waals surface area contributed by atoms with E-state index in [2.05, 4.69) is 10.1 Å². The molecule has 0 saturated carbocycles. The van der Waals surface area contributed by atoms with Crippen LogP contribution in [0.1, 0.15) is 51.6 Å². The molecule has 3 saturated heterocycles. The minimum Gasteiger partial charge on any atom is -0.444 e. The van der Waals surface area contributed by atoms with Crippen molar-refractivity contribution in [3.8, 4) is 0 Å². The van der Waals surface area contributed by atoms with Crippen molar-refractivity contribution in [2.75, 3.05) is 37.8 Å². The number of thioether (sulfide) groups is 1. The molecular formula is C25H33FN4O4S. The van der Waals surface area contributed by atoms with Gasteiger partial charge in [-0.15, -0.1) is 11.8 Å². The molecule has 0 N–H and O–H groups in total. The van der Waals surface area contributed by atoms with Gasteiger partial charge in [0.1, 0.15) is 17.5 Å². The third-order valence-corrected chi connectivity index (χ3v) is 8.12. The van der Waals surface area contributed by atoms with E-state index in [9.17, 15) is 14.0 Å². The van der Waals surface area contributed by atoms with Crippen LogP contribution in [0.15, 0.2) is 22.7 Å². The number of rotatable bonds is 3. The molecule has 10 heteroatoms. The van der Waals surface area contributed by atoms with Crippen molar-refractivity contribution in [1.82, 2.24) is 19.9 Å². The predicted molar refractivity (Wildman–Crippen MR) is 132 cm³/mol. The maximum absolute atomic E-state index is 13.5. The molecule has 0 unspecified atom stereocenters. The molecule has 8 nitrogen and oxygen atoms in total. The largest absolute Gasteiger partial charge is 0.444 e. The summed E-state index contributed by atoms with van der Waals surface area (Å²) in [5, 5.41) is 5.12. The number of ether oxygens (including phenoxy) is 1. The van der Waals surface area contributed by atoms with Gasteiger partial charge in [-0.3, -0.25) is 14.6 Å². The number of aromatic nitrogens is 1. The highest BCUT2D eigenvalue weighted by molar-refractivity contribution is 7.99. The molecule has 0 bridgehead atoms. The van der Waals surface area contributed by atoms with Crippen molar-refractivity contribution in [3.05, 3.63) is 29.7 Å². The number of carbonyl (C=O) groups excluding carboxylic acids is 2. The van der Waals surface area contributed by atoms with Crippen molar-refractivity contribution in [3.63, 3.8) is 0 Å². The van der Waals surface area contributed by atoms with Crippen molar-refractivity contribution < 1.29 is 23.2 Å². The normalized spacial score (nSPS) is 24.5. The summed E-state index contributed by atoms with van der Waals surface area (Å²) in [6, 6.07) is 4.18. The van der Waals surface area contributed by atoms with Gasteiger partial charge in [0.15, 0.2) is 5.58 Å². The lowest BCUT2D eigenvalue weighted by atomic mass is 9.90. The van der Waals surface area contributed by atoms with E-state index in [1.165, 1.54) is 12.1 Å². The number of hydrogen-bond donors (Lipinski definition) is 0. The lowest BCUT2D eigenvalue weighted by Gasteiger charge is -2.35. The summed E-state index contributed by atoms with van der Waals surface area (Å²) in [5.41, 5.74) is 0.752. The van der Waals surface area contributed by atoms with Crippen LogP contribution < -0.4 is 0 Å². The predicted octanol–water partition coefficient (Wildman–Crippen LogP) is 4.06. The van der Waals surface area contributed by atoms with Crippen LogP contribution in [0, 0.1) is 5.82 Å². The zero-order chi connectivity index (χ0) is 24.7. The van der Waals surface area contributed by atoms with E-state index in [4.69, 9.17) is 9.26 Å². The zero-order valence-electron chi connectivity index (χ0n) is 20.5. The number of halogens is 1. The first kappa shape index (κ1) is 24.4. The number of nitrogens with zero attached hydrogens (tertiary/aromatic N) is 4. The lowest BCUT2D eigenvalue weighted by Crippen LogP contribution is -2.48. The molecule has 2 amide bonds. The Morgan fingerprint density at radius 1 is 1.20 bits per heavy atom. The smallest absolute Gasteiger partial charge is 0.411 e. The second-order valence-corrected chi connectivity index (χ2v) is 11.8. The zero-order valence-corrected chi connectivity index (χ0v) is 21.4. The van der Waals surface area contributed by atoms with Crippen LogP contribution in [-0.2, 0) is 9.53 Å². The second-order valence-electron chi connectivity index (χ2n) is 10.7. The summed E-state index contributed by atoms with van der Waals surface area (Å²) in [4.78, 5) is 32.2. The van der Waals surface area contributed by atoms with Crippen LogP contribution >= 0.6 is 11.8 Å². The van der Waals surface area contributed by atoms with Gasteiger partial charge in [-0.05, 0) is 65.3 Å². The maximum atomic E-state index is 13.5. The minimum absolute atomic E-state index is 0.0274. The molecule has 2 atom stereocenters. The van der Waals surface area contributed by atoms with Crippen LogP contribution in [0.4, 0.5) is 9.18 Å². The first-order valence-corrected chi connectivity index (χ1v) is 13.5. The van der Waals surface area contributed by atoms with E-state index in [1.807, 2.05) is 25.7 Å². The van der Waals surface area contributed by atoms with Crippen LogP contribution in [0.2, 0.25) is 0 Å². The van der Waals surface area contributed by atoms with Crippen LogP contribution in [0.25, 0.3) is 11.0 Å². The first-order valence-electron chi connectivity index (χ1n) is 12.3. The van der Waals surface area contributed by atoms with Crippen LogP contribution in [0.5, 0.6) is 0 Å². The van der Waals surface area contributed by atoms with Gasteiger partial charge < -0.3 is 14.2 Å². The average Bonchev–Trinajstić information content (AvgIpc) is 3.57. The summed E-state index contributed by atoms with van der Waals surface area (Å²) in [5.74, 6) is 1.55. The molecule has 0 spiro atoms. The molecule has 4 heterocycles. The molecule has 35 heavy (non-hydrogen) atoms. The van der Waals surface area contributed by atoms with E-state index >= 15 is 0 Å². The number of carbonyl (C=O) groups is 2. The SMILES string of the molecule is CC(C)(C)OC(=O)N1C[C@@H](N2CCC(c3noc4cc(F)ccc34)CC2)C[C@H]1C(=O)N1CCSC1. The third kappa shape index (κ3) is 5.14. The van der Waals surface area contributed by atoms with E-state index in [1.54, 1.807) is 22.7 Å². The topological polar surface area (TPSA) is 79.1 Å². The van der Waals surface area contributed by atoms with Gasteiger partial charge in [-0.25, -0.2) is 9.18 Å². The lowest BCUT2D eigenvalue weighted by molar-refractivity contribution is -0.134. The molecular weight excluding hydrogens is 471 g/mol. The number of fused-ring (bicyclic) bond motifs is 1. The van der Waals surface area contributed by atoms with Gasteiger partial charge in [0.05, 0.1) is 11.6 Å². The quantitative estimate of drug-likeness (QED) is 0.624.